The Kier molecular flexibility index (Phi) is 8.96. The minimum atomic E-state index is -0.192. The second-order valence-corrected chi connectivity index (χ2v) is 7.75. The minimum Gasteiger partial charge on any atom is -0.458 e. The molecule has 1 rings (SSSR count). The Morgan fingerprint density at radius 3 is 1.96 bits per heavy atom. The van der Waals surface area contributed by atoms with Gasteiger partial charge in [-0.3, -0.25) is 0 Å². The first-order valence-corrected chi connectivity index (χ1v) is 9.79. The molecule has 0 fully saturated rings. The van der Waals surface area contributed by atoms with Crippen LogP contribution in [0.1, 0.15) is 113 Å². The maximum atomic E-state index is 12.8. The Morgan fingerprint density at radius 2 is 1.52 bits per heavy atom. The molecule has 0 amide bonds. The summed E-state index contributed by atoms with van der Waals surface area (Å²) in [5, 5.41) is 0. The van der Waals surface area contributed by atoms with E-state index in [-0.39, 0.29) is 5.97 Å². The number of hydrogen-bond acceptors (Lipinski definition) is 2. The molecule has 0 N–H and O–H groups in total. The van der Waals surface area contributed by atoms with E-state index in [9.17, 15) is 4.79 Å². The van der Waals surface area contributed by atoms with Gasteiger partial charge >= 0.3 is 5.97 Å². The molecule has 0 aliphatic rings. The average Bonchev–Trinajstić information content (AvgIpc) is 2.56. The molecule has 0 atom stereocenters. The molecular weight excluding hydrogens is 308 g/mol. The Morgan fingerprint density at radius 1 is 0.960 bits per heavy atom. The predicted molar refractivity (Wildman–Crippen MR) is 108 cm³/mol. The van der Waals surface area contributed by atoms with Crippen molar-refractivity contribution in [2.45, 2.75) is 85.5 Å². The number of hydrogen-bond donors (Lipinski definition) is 0. The Bertz CT molecular complexity index is 551. The summed E-state index contributed by atoms with van der Waals surface area (Å²) in [5.74, 6) is 0.835. The van der Waals surface area contributed by atoms with Crippen LogP contribution in [-0.4, -0.2) is 12.6 Å². The lowest BCUT2D eigenvalue weighted by molar-refractivity contribution is 0.0546. The van der Waals surface area contributed by atoms with Gasteiger partial charge in [-0.2, -0.15) is 0 Å². The zero-order valence-corrected chi connectivity index (χ0v) is 17.2. The van der Waals surface area contributed by atoms with Gasteiger partial charge < -0.3 is 4.74 Å². The van der Waals surface area contributed by atoms with Gasteiger partial charge in [0.25, 0.3) is 0 Å². The van der Waals surface area contributed by atoms with Crippen LogP contribution in [0.5, 0.6) is 0 Å². The molecule has 0 unspecified atom stereocenters. The number of esters is 1. The molecule has 0 saturated carbocycles. The van der Waals surface area contributed by atoms with Crippen molar-refractivity contribution in [1.29, 1.82) is 0 Å². The lowest BCUT2D eigenvalue weighted by Crippen LogP contribution is -2.15. The number of unbranched alkanes of at least 4 members (excludes halogenated alkanes) is 2. The van der Waals surface area contributed by atoms with Gasteiger partial charge in [0.05, 0.1) is 5.56 Å². The van der Waals surface area contributed by atoms with Crippen LogP contribution in [0.4, 0.5) is 0 Å². The number of rotatable bonds is 9. The number of ether oxygens (including phenoxy) is 1. The van der Waals surface area contributed by atoms with Crippen molar-refractivity contribution in [2.24, 2.45) is 0 Å². The van der Waals surface area contributed by atoms with Crippen molar-refractivity contribution in [2.75, 3.05) is 6.61 Å². The molecule has 0 aliphatic carbocycles. The van der Waals surface area contributed by atoms with E-state index in [1.165, 1.54) is 18.4 Å². The fraction of sp³-hybridized carbons (Fsp3) is 0.609. The van der Waals surface area contributed by atoms with Gasteiger partial charge in [-0.25, -0.2) is 4.79 Å². The van der Waals surface area contributed by atoms with Crippen LogP contribution in [0.3, 0.4) is 0 Å². The maximum absolute atomic E-state index is 12.8. The number of allylic oxidation sites excluding steroid dienone is 1. The summed E-state index contributed by atoms with van der Waals surface area (Å²) in [5.41, 5.74) is 4.28. The molecule has 0 aromatic heterocycles. The topological polar surface area (TPSA) is 26.3 Å². The summed E-state index contributed by atoms with van der Waals surface area (Å²) in [6.45, 7) is 15.5. The zero-order chi connectivity index (χ0) is 19.0. The number of benzene rings is 1. The molecule has 0 heterocycles. The van der Waals surface area contributed by atoms with E-state index < -0.39 is 0 Å². The third-order valence-electron chi connectivity index (χ3n) is 4.54. The Hall–Kier alpha value is -1.57. The van der Waals surface area contributed by atoms with Crippen LogP contribution in [0.2, 0.25) is 0 Å². The van der Waals surface area contributed by atoms with Crippen LogP contribution < -0.4 is 0 Å². The summed E-state index contributed by atoms with van der Waals surface area (Å²) >= 11 is 0. The van der Waals surface area contributed by atoms with Crippen molar-refractivity contribution in [3.05, 3.63) is 46.5 Å². The average molecular weight is 345 g/mol. The fourth-order valence-corrected chi connectivity index (χ4v) is 2.90. The molecule has 1 aromatic rings. The van der Waals surface area contributed by atoms with Crippen molar-refractivity contribution >= 4 is 5.97 Å². The van der Waals surface area contributed by atoms with E-state index in [0.29, 0.717) is 24.4 Å². The first kappa shape index (κ1) is 21.5. The first-order chi connectivity index (χ1) is 11.8. The molecule has 2 heteroatoms. The quantitative estimate of drug-likeness (QED) is 0.275. The third-order valence-corrected chi connectivity index (χ3v) is 4.54. The molecule has 2 nitrogen and oxygen atoms in total. The van der Waals surface area contributed by atoms with E-state index in [1.807, 2.05) is 6.08 Å². The van der Waals surface area contributed by atoms with Gasteiger partial charge in [0.15, 0.2) is 0 Å². The Balaban J connectivity index is 3.10. The number of carbonyl (C=O) groups excluding carboxylic acids is 1. The molecule has 0 aliphatic heterocycles. The second kappa shape index (κ2) is 10.4. The van der Waals surface area contributed by atoms with Crippen LogP contribution in [0.25, 0.3) is 0 Å². The molecule has 1 aromatic carbocycles. The van der Waals surface area contributed by atoms with Gasteiger partial charge in [0, 0.05) is 0 Å². The summed E-state index contributed by atoms with van der Waals surface area (Å²) in [6.07, 6.45) is 7.47. The normalized spacial score (nSPS) is 11.9. The smallest absolute Gasteiger partial charge is 0.339 e. The molecule has 0 saturated heterocycles. The highest BCUT2D eigenvalue weighted by molar-refractivity contribution is 5.93. The van der Waals surface area contributed by atoms with E-state index in [1.54, 1.807) is 0 Å². The van der Waals surface area contributed by atoms with Crippen LogP contribution >= 0.6 is 0 Å². The fourth-order valence-electron chi connectivity index (χ4n) is 2.90. The summed E-state index contributed by atoms with van der Waals surface area (Å²) in [4.78, 5) is 12.8. The Labute approximate surface area is 154 Å². The van der Waals surface area contributed by atoms with Crippen LogP contribution in [-0.2, 0) is 4.74 Å². The van der Waals surface area contributed by atoms with Gasteiger partial charge in [0.2, 0.25) is 0 Å². The van der Waals surface area contributed by atoms with Crippen LogP contribution in [0.15, 0.2) is 24.3 Å². The lowest BCUT2D eigenvalue weighted by atomic mass is 9.84. The summed E-state index contributed by atoms with van der Waals surface area (Å²) in [7, 11) is 0. The van der Waals surface area contributed by atoms with Gasteiger partial charge in [0.1, 0.15) is 6.61 Å². The van der Waals surface area contributed by atoms with Gasteiger partial charge in [-0.1, -0.05) is 85.6 Å². The largest absolute Gasteiger partial charge is 0.458 e. The van der Waals surface area contributed by atoms with Gasteiger partial charge in [-0.05, 0) is 40.9 Å². The van der Waals surface area contributed by atoms with Gasteiger partial charge in [-0.15, -0.1) is 0 Å². The van der Waals surface area contributed by atoms with Crippen molar-refractivity contribution < 1.29 is 9.53 Å². The van der Waals surface area contributed by atoms with E-state index >= 15 is 0 Å². The van der Waals surface area contributed by atoms with E-state index in [2.05, 4.69) is 66.7 Å². The maximum Gasteiger partial charge on any atom is 0.339 e. The highest BCUT2D eigenvalue weighted by Gasteiger charge is 2.23. The highest BCUT2D eigenvalue weighted by atomic mass is 16.5. The third kappa shape index (κ3) is 6.34. The van der Waals surface area contributed by atoms with Crippen molar-refractivity contribution in [3.63, 3.8) is 0 Å². The molecule has 140 valence electrons. The lowest BCUT2D eigenvalue weighted by Gasteiger charge is -2.21. The van der Waals surface area contributed by atoms with E-state index in [0.717, 1.165) is 23.1 Å². The van der Waals surface area contributed by atoms with Crippen molar-refractivity contribution in [1.82, 2.24) is 0 Å². The molecule has 0 radical (unpaired) electrons. The minimum absolute atomic E-state index is 0.192. The number of carbonyl (C=O) groups is 1. The first-order valence-electron chi connectivity index (χ1n) is 9.79. The predicted octanol–water partition coefficient (Wildman–Crippen LogP) is 6.96. The molecular formula is C23H36O2. The summed E-state index contributed by atoms with van der Waals surface area (Å²) < 4.78 is 5.56. The standard InChI is InChI=1S/C23H36O2/c1-8-9-10-11-12-13-25-23(24)22-20(17(4)5)14-19(16(2)3)15-21(22)18(6)7/h11-12,14-18H,8-10,13H2,1-7H3. The molecule has 0 bridgehead atoms. The zero-order valence-electron chi connectivity index (χ0n) is 17.2. The van der Waals surface area contributed by atoms with E-state index in [4.69, 9.17) is 4.74 Å². The van der Waals surface area contributed by atoms with Crippen molar-refractivity contribution in [3.8, 4) is 0 Å². The SMILES string of the molecule is CCCCC=CCOC(=O)c1c(C(C)C)cc(C(C)C)cc1C(C)C. The molecule has 25 heavy (non-hydrogen) atoms. The molecule has 0 spiro atoms. The monoisotopic (exact) mass is 344 g/mol. The highest BCUT2D eigenvalue weighted by Crippen LogP contribution is 2.32. The van der Waals surface area contributed by atoms with Crippen LogP contribution in [0, 0.1) is 0 Å². The summed E-state index contributed by atoms with van der Waals surface area (Å²) in [6, 6.07) is 4.38. The second-order valence-electron chi connectivity index (χ2n) is 7.75.